The molecule has 0 radical (unpaired) electrons. The van der Waals surface area contributed by atoms with Gasteiger partial charge in [0.15, 0.2) is 0 Å². The van der Waals surface area contributed by atoms with Gasteiger partial charge in [-0.05, 0) is 24.3 Å². The zero-order chi connectivity index (χ0) is 12.7. The summed E-state index contributed by atoms with van der Waals surface area (Å²) >= 11 is 0. The summed E-state index contributed by atoms with van der Waals surface area (Å²) in [5, 5.41) is 5.15. The van der Waals surface area contributed by atoms with E-state index in [-0.39, 0.29) is 0 Å². The average molecular weight is 238 g/mol. The molecule has 0 amide bonds. The third-order valence-corrected chi connectivity index (χ3v) is 3.12. The molecule has 1 aromatic heterocycles. The third kappa shape index (κ3) is 1.50. The molecule has 90 valence electrons. The van der Waals surface area contributed by atoms with Gasteiger partial charge in [-0.1, -0.05) is 12.1 Å². The number of hydrogen-bond acceptors (Lipinski definition) is 4. The van der Waals surface area contributed by atoms with Crippen molar-refractivity contribution in [2.45, 2.75) is 0 Å². The lowest BCUT2D eigenvalue weighted by Crippen LogP contribution is -1.98. The first-order valence-corrected chi connectivity index (χ1v) is 5.75. The Morgan fingerprint density at radius 2 is 1.78 bits per heavy atom. The first-order chi connectivity index (χ1) is 8.69. The number of benzene rings is 2. The van der Waals surface area contributed by atoms with Gasteiger partial charge in [-0.15, -0.1) is 0 Å². The monoisotopic (exact) mass is 238 g/mol. The van der Waals surface area contributed by atoms with Gasteiger partial charge in [0, 0.05) is 23.5 Å². The zero-order valence-corrected chi connectivity index (χ0v) is 10.1. The van der Waals surface area contributed by atoms with Gasteiger partial charge in [-0.3, -0.25) is 0 Å². The van der Waals surface area contributed by atoms with E-state index in [1.165, 1.54) is 0 Å². The average Bonchev–Trinajstić information content (AvgIpc) is 2.38. The smallest absolute Gasteiger partial charge is 0.0960 e. The van der Waals surface area contributed by atoms with Gasteiger partial charge in [0.05, 0.1) is 22.4 Å². The minimum Gasteiger partial charge on any atom is -0.399 e. The summed E-state index contributed by atoms with van der Waals surface area (Å²) < 4.78 is 0. The van der Waals surface area contributed by atoms with Crippen LogP contribution in [0.15, 0.2) is 36.4 Å². The van der Waals surface area contributed by atoms with Gasteiger partial charge in [0.25, 0.3) is 0 Å². The second kappa shape index (κ2) is 3.77. The van der Waals surface area contributed by atoms with Gasteiger partial charge in [0.2, 0.25) is 0 Å². The van der Waals surface area contributed by atoms with E-state index in [0.717, 1.165) is 27.5 Å². The van der Waals surface area contributed by atoms with Crippen LogP contribution < -0.4 is 16.8 Å². The maximum absolute atomic E-state index is 6.10. The molecule has 0 aliphatic rings. The number of hydrogen-bond donors (Lipinski definition) is 3. The van der Waals surface area contributed by atoms with Crippen LogP contribution in [0.5, 0.6) is 0 Å². The number of aromatic nitrogens is 1. The van der Waals surface area contributed by atoms with E-state index in [1.54, 1.807) is 0 Å². The lowest BCUT2D eigenvalue weighted by molar-refractivity contribution is 1.47. The van der Waals surface area contributed by atoms with Gasteiger partial charge < -0.3 is 16.8 Å². The summed E-state index contributed by atoms with van der Waals surface area (Å²) in [6, 6.07) is 11.8. The number of fused-ring (bicyclic) bond motifs is 2. The molecule has 0 saturated heterocycles. The highest BCUT2D eigenvalue weighted by Gasteiger charge is 2.06. The summed E-state index contributed by atoms with van der Waals surface area (Å²) in [5.41, 5.74) is 15.8. The Kier molecular flexibility index (Phi) is 2.23. The standard InChI is InChI=1S/C14H14N4/c1-17-11-5-3-9-6-8-2-4-10(15)7-12(8)18-14(9)13(11)16/h2-7,17H,15-16H2,1H3. The van der Waals surface area contributed by atoms with E-state index < -0.39 is 0 Å². The molecular formula is C14H14N4. The number of nitrogens with zero attached hydrogens (tertiary/aromatic N) is 1. The normalized spacial score (nSPS) is 10.9. The van der Waals surface area contributed by atoms with E-state index in [9.17, 15) is 0 Å². The summed E-state index contributed by atoms with van der Waals surface area (Å²) in [7, 11) is 1.84. The Morgan fingerprint density at radius 1 is 1.00 bits per heavy atom. The molecule has 18 heavy (non-hydrogen) atoms. The molecular weight excluding hydrogens is 224 g/mol. The van der Waals surface area contributed by atoms with E-state index in [2.05, 4.69) is 16.4 Å². The van der Waals surface area contributed by atoms with Crippen LogP contribution in [0.3, 0.4) is 0 Å². The lowest BCUT2D eigenvalue weighted by atomic mass is 10.1. The fourth-order valence-corrected chi connectivity index (χ4v) is 2.15. The van der Waals surface area contributed by atoms with Crippen molar-refractivity contribution in [2.24, 2.45) is 0 Å². The van der Waals surface area contributed by atoms with E-state index >= 15 is 0 Å². The number of nitrogens with one attached hydrogen (secondary N) is 1. The number of anilines is 3. The van der Waals surface area contributed by atoms with Crippen molar-refractivity contribution in [3.63, 3.8) is 0 Å². The molecule has 0 saturated carbocycles. The number of nitrogen functional groups attached to an aromatic ring is 2. The molecule has 4 nitrogen and oxygen atoms in total. The molecule has 0 aliphatic carbocycles. The van der Waals surface area contributed by atoms with Crippen molar-refractivity contribution < 1.29 is 0 Å². The Morgan fingerprint density at radius 3 is 2.56 bits per heavy atom. The highest BCUT2D eigenvalue weighted by Crippen LogP contribution is 2.29. The third-order valence-electron chi connectivity index (χ3n) is 3.12. The maximum Gasteiger partial charge on any atom is 0.0960 e. The van der Waals surface area contributed by atoms with E-state index in [1.807, 2.05) is 37.4 Å². The molecule has 0 bridgehead atoms. The van der Waals surface area contributed by atoms with Crippen molar-refractivity contribution in [1.82, 2.24) is 4.98 Å². The molecule has 5 N–H and O–H groups in total. The molecule has 0 fully saturated rings. The van der Waals surface area contributed by atoms with Crippen LogP contribution in [0.25, 0.3) is 21.8 Å². The number of nitrogens with two attached hydrogens (primary N) is 2. The molecule has 0 unspecified atom stereocenters. The van der Waals surface area contributed by atoms with Crippen LogP contribution in [0.2, 0.25) is 0 Å². The SMILES string of the molecule is CNc1ccc2cc3ccc(N)cc3nc2c1N. The molecule has 4 heteroatoms. The van der Waals surface area contributed by atoms with Crippen molar-refractivity contribution in [3.05, 3.63) is 36.4 Å². The molecule has 3 aromatic rings. The van der Waals surface area contributed by atoms with Gasteiger partial charge in [0.1, 0.15) is 0 Å². The fourth-order valence-electron chi connectivity index (χ4n) is 2.15. The quantitative estimate of drug-likeness (QED) is 0.450. The predicted molar refractivity (Wildman–Crippen MR) is 77.6 cm³/mol. The lowest BCUT2D eigenvalue weighted by Gasteiger charge is -2.09. The second-order valence-corrected chi connectivity index (χ2v) is 4.29. The van der Waals surface area contributed by atoms with Crippen molar-refractivity contribution in [2.75, 3.05) is 23.8 Å². The van der Waals surface area contributed by atoms with Crippen LogP contribution in [-0.2, 0) is 0 Å². The van der Waals surface area contributed by atoms with Crippen LogP contribution in [-0.4, -0.2) is 12.0 Å². The van der Waals surface area contributed by atoms with Crippen molar-refractivity contribution >= 4 is 38.9 Å². The van der Waals surface area contributed by atoms with Crippen LogP contribution in [0, 0.1) is 0 Å². The van der Waals surface area contributed by atoms with Gasteiger partial charge in [-0.2, -0.15) is 0 Å². The number of pyridine rings is 1. The summed E-state index contributed by atoms with van der Waals surface area (Å²) in [5.74, 6) is 0. The Balaban J connectivity index is 2.42. The topological polar surface area (TPSA) is 77.0 Å². The minimum absolute atomic E-state index is 0.666. The second-order valence-electron chi connectivity index (χ2n) is 4.29. The first-order valence-electron chi connectivity index (χ1n) is 5.75. The zero-order valence-electron chi connectivity index (χ0n) is 10.1. The largest absolute Gasteiger partial charge is 0.399 e. The summed E-state index contributed by atoms with van der Waals surface area (Å²) in [6.07, 6.45) is 0. The van der Waals surface area contributed by atoms with Crippen LogP contribution in [0.4, 0.5) is 17.1 Å². The van der Waals surface area contributed by atoms with Crippen LogP contribution in [0.1, 0.15) is 0 Å². The number of rotatable bonds is 1. The highest BCUT2D eigenvalue weighted by atomic mass is 14.9. The Labute approximate surface area is 105 Å². The van der Waals surface area contributed by atoms with Crippen LogP contribution >= 0.6 is 0 Å². The molecule has 1 heterocycles. The molecule has 0 aliphatic heterocycles. The first kappa shape index (κ1) is 10.7. The molecule has 2 aromatic carbocycles. The van der Waals surface area contributed by atoms with Gasteiger partial charge >= 0.3 is 0 Å². The van der Waals surface area contributed by atoms with Gasteiger partial charge in [-0.25, -0.2) is 4.98 Å². The minimum atomic E-state index is 0.666. The summed E-state index contributed by atoms with van der Waals surface area (Å²) in [6.45, 7) is 0. The molecule has 0 atom stereocenters. The fraction of sp³-hybridized carbons (Fsp3) is 0.0714. The highest BCUT2D eigenvalue weighted by molar-refractivity contribution is 6.02. The van der Waals surface area contributed by atoms with E-state index in [4.69, 9.17) is 11.5 Å². The van der Waals surface area contributed by atoms with E-state index in [0.29, 0.717) is 11.4 Å². The Hall–Kier alpha value is -2.49. The van der Waals surface area contributed by atoms with Crippen molar-refractivity contribution in [1.29, 1.82) is 0 Å². The van der Waals surface area contributed by atoms with Crippen molar-refractivity contribution in [3.8, 4) is 0 Å². The Bertz CT molecular complexity index is 749. The molecule has 0 spiro atoms. The summed E-state index contributed by atoms with van der Waals surface area (Å²) in [4.78, 5) is 4.60. The maximum atomic E-state index is 6.10. The predicted octanol–water partition coefficient (Wildman–Crippen LogP) is 2.59. The molecule has 3 rings (SSSR count).